The highest BCUT2D eigenvalue weighted by Crippen LogP contribution is 2.18. The van der Waals surface area contributed by atoms with Crippen molar-refractivity contribution in [1.82, 2.24) is 4.31 Å². The lowest BCUT2D eigenvalue weighted by molar-refractivity contribution is 0.421. The molecule has 0 atom stereocenters. The molecule has 0 heterocycles. The van der Waals surface area contributed by atoms with E-state index in [1.807, 2.05) is 0 Å². The van der Waals surface area contributed by atoms with Crippen LogP contribution in [-0.2, 0) is 16.6 Å². The van der Waals surface area contributed by atoms with Crippen molar-refractivity contribution < 1.29 is 17.2 Å². The molecule has 3 nitrogen and oxygen atoms in total. The van der Waals surface area contributed by atoms with Gasteiger partial charge in [-0.25, -0.2) is 17.2 Å². The maximum Gasteiger partial charge on any atom is 0.243 e. The average molecular weight is 311 g/mol. The SMILES string of the molecule is CCN(Cc1ccc(F)c(F)c1)S(=O)(=O)c1ccccc1. The van der Waals surface area contributed by atoms with Gasteiger partial charge in [-0.1, -0.05) is 31.2 Å². The smallest absolute Gasteiger partial charge is 0.207 e. The highest BCUT2D eigenvalue weighted by molar-refractivity contribution is 7.89. The number of hydrogen-bond acceptors (Lipinski definition) is 2. The van der Waals surface area contributed by atoms with E-state index in [4.69, 9.17) is 0 Å². The summed E-state index contributed by atoms with van der Waals surface area (Å²) in [5.74, 6) is -1.94. The van der Waals surface area contributed by atoms with Crippen molar-refractivity contribution in [2.75, 3.05) is 6.54 Å². The van der Waals surface area contributed by atoms with Crippen LogP contribution in [0.5, 0.6) is 0 Å². The fourth-order valence-electron chi connectivity index (χ4n) is 1.95. The first kappa shape index (κ1) is 15.6. The van der Waals surface area contributed by atoms with Crippen molar-refractivity contribution in [3.63, 3.8) is 0 Å². The molecule has 0 aliphatic rings. The standard InChI is InChI=1S/C15H15F2NO2S/c1-2-18(11-12-8-9-14(16)15(17)10-12)21(19,20)13-6-4-3-5-7-13/h3-10H,2,11H2,1H3. The summed E-state index contributed by atoms with van der Waals surface area (Å²) in [5, 5.41) is 0. The van der Waals surface area contributed by atoms with Gasteiger partial charge in [-0.05, 0) is 29.8 Å². The number of halogens is 2. The average Bonchev–Trinajstić information content (AvgIpc) is 2.49. The molecular formula is C15H15F2NO2S. The predicted molar refractivity (Wildman–Crippen MR) is 76.1 cm³/mol. The quantitative estimate of drug-likeness (QED) is 0.850. The van der Waals surface area contributed by atoms with Crippen molar-refractivity contribution in [2.45, 2.75) is 18.4 Å². The third-order valence-corrected chi connectivity index (χ3v) is 5.01. The van der Waals surface area contributed by atoms with E-state index in [2.05, 4.69) is 0 Å². The second-order valence-electron chi connectivity index (χ2n) is 4.49. The third-order valence-electron chi connectivity index (χ3n) is 3.08. The minimum atomic E-state index is -3.66. The molecule has 0 aromatic heterocycles. The monoisotopic (exact) mass is 311 g/mol. The first-order chi connectivity index (χ1) is 9.95. The Morgan fingerprint density at radius 3 is 2.24 bits per heavy atom. The van der Waals surface area contributed by atoms with Crippen molar-refractivity contribution in [2.24, 2.45) is 0 Å². The molecular weight excluding hydrogens is 296 g/mol. The summed E-state index contributed by atoms with van der Waals surface area (Å²) in [4.78, 5) is 0.175. The van der Waals surface area contributed by atoms with E-state index >= 15 is 0 Å². The van der Waals surface area contributed by atoms with Crippen LogP contribution in [0.25, 0.3) is 0 Å². The summed E-state index contributed by atoms with van der Waals surface area (Å²) in [6.07, 6.45) is 0. The second kappa shape index (κ2) is 6.32. The molecule has 0 saturated carbocycles. The zero-order chi connectivity index (χ0) is 15.5. The van der Waals surface area contributed by atoms with Crippen molar-refractivity contribution in [1.29, 1.82) is 0 Å². The maximum atomic E-state index is 13.2. The van der Waals surface area contributed by atoms with E-state index in [0.717, 1.165) is 12.1 Å². The molecule has 0 aliphatic carbocycles. The van der Waals surface area contributed by atoms with E-state index in [1.54, 1.807) is 25.1 Å². The number of benzene rings is 2. The molecule has 21 heavy (non-hydrogen) atoms. The molecule has 6 heteroatoms. The predicted octanol–water partition coefficient (Wildman–Crippen LogP) is 3.18. The lowest BCUT2D eigenvalue weighted by Gasteiger charge is -2.20. The lowest BCUT2D eigenvalue weighted by atomic mass is 10.2. The molecule has 2 aromatic rings. The first-order valence-electron chi connectivity index (χ1n) is 6.44. The van der Waals surface area contributed by atoms with E-state index in [0.29, 0.717) is 5.56 Å². The summed E-state index contributed by atoms with van der Waals surface area (Å²) in [6.45, 7) is 1.92. The van der Waals surface area contributed by atoms with Gasteiger partial charge in [-0.3, -0.25) is 0 Å². The van der Waals surface area contributed by atoms with Crippen LogP contribution in [-0.4, -0.2) is 19.3 Å². The van der Waals surface area contributed by atoms with Gasteiger partial charge in [0.15, 0.2) is 11.6 Å². The van der Waals surface area contributed by atoms with Crippen LogP contribution in [0.3, 0.4) is 0 Å². The zero-order valence-corrected chi connectivity index (χ0v) is 12.3. The molecule has 0 spiro atoms. The number of sulfonamides is 1. The minimum Gasteiger partial charge on any atom is -0.207 e. The summed E-state index contributed by atoms with van der Waals surface area (Å²) in [6, 6.07) is 11.4. The summed E-state index contributed by atoms with van der Waals surface area (Å²) in [5.41, 5.74) is 0.398. The molecule has 0 saturated heterocycles. The highest BCUT2D eigenvalue weighted by Gasteiger charge is 2.23. The van der Waals surface area contributed by atoms with E-state index in [1.165, 1.54) is 22.5 Å². The Morgan fingerprint density at radius 1 is 1.00 bits per heavy atom. The van der Waals surface area contributed by atoms with Gasteiger partial charge in [-0.2, -0.15) is 4.31 Å². The molecule has 0 fully saturated rings. The Hall–Kier alpha value is -1.79. The normalized spacial score (nSPS) is 11.8. The van der Waals surface area contributed by atoms with Crippen LogP contribution in [0.1, 0.15) is 12.5 Å². The Labute approximate surface area is 122 Å². The molecule has 112 valence electrons. The summed E-state index contributed by atoms with van der Waals surface area (Å²) < 4.78 is 52.3. The van der Waals surface area contributed by atoms with Gasteiger partial charge in [0.1, 0.15) is 0 Å². The number of rotatable bonds is 5. The molecule has 2 aromatic carbocycles. The maximum absolute atomic E-state index is 13.2. The lowest BCUT2D eigenvalue weighted by Crippen LogP contribution is -2.30. The fraction of sp³-hybridized carbons (Fsp3) is 0.200. The largest absolute Gasteiger partial charge is 0.243 e. The van der Waals surface area contributed by atoms with Crippen LogP contribution in [0.4, 0.5) is 8.78 Å². The Kier molecular flexibility index (Phi) is 4.69. The molecule has 2 rings (SSSR count). The minimum absolute atomic E-state index is 0.00900. The van der Waals surface area contributed by atoms with Crippen molar-refractivity contribution in [3.8, 4) is 0 Å². The van der Waals surface area contributed by atoms with Gasteiger partial charge < -0.3 is 0 Å². The fourth-order valence-corrected chi connectivity index (χ4v) is 3.41. The topological polar surface area (TPSA) is 37.4 Å². The molecule has 0 N–H and O–H groups in total. The number of nitrogens with zero attached hydrogens (tertiary/aromatic N) is 1. The molecule has 0 amide bonds. The highest BCUT2D eigenvalue weighted by atomic mass is 32.2. The van der Waals surface area contributed by atoms with Gasteiger partial charge in [-0.15, -0.1) is 0 Å². The van der Waals surface area contributed by atoms with Crippen LogP contribution >= 0.6 is 0 Å². The zero-order valence-electron chi connectivity index (χ0n) is 11.5. The van der Waals surface area contributed by atoms with Crippen molar-refractivity contribution >= 4 is 10.0 Å². The van der Waals surface area contributed by atoms with Gasteiger partial charge in [0.05, 0.1) is 4.90 Å². The van der Waals surface area contributed by atoms with Gasteiger partial charge in [0, 0.05) is 13.1 Å². The molecule has 0 bridgehead atoms. The third kappa shape index (κ3) is 3.46. The van der Waals surface area contributed by atoms with Crippen LogP contribution in [0, 0.1) is 11.6 Å². The molecule has 0 aliphatic heterocycles. The first-order valence-corrected chi connectivity index (χ1v) is 7.88. The van der Waals surface area contributed by atoms with Crippen LogP contribution in [0.2, 0.25) is 0 Å². The van der Waals surface area contributed by atoms with Gasteiger partial charge >= 0.3 is 0 Å². The van der Waals surface area contributed by atoms with Crippen LogP contribution in [0.15, 0.2) is 53.4 Å². The Morgan fingerprint density at radius 2 is 1.67 bits per heavy atom. The summed E-state index contributed by atoms with van der Waals surface area (Å²) >= 11 is 0. The van der Waals surface area contributed by atoms with Gasteiger partial charge in [0.2, 0.25) is 10.0 Å². The van der Waals surface area contributed by atoms with Crippen molar-refractivity contribution in [3.05, 3.63) is 65.7 Å². The van der Waals surface area contributed by atoms with Gasteiger partial charge in [0.25, 0.3) is 0 Å². The van der Waals surface area contributed by atoms with Crippen LogP contribution < -0.4 is 0 Å². The molecule has 0 radical (unpaired) electrons. The van der Waals surface area contributed by atoms with E-state index in [9.17, 15) is 17.2 Å². The molecule has 0 unspecified atom stereocenters. The Bertz CT molecular complexity index is 718. The summed E-state index contributed by atoms with van der Waals surface area (Å²) in [7, 11) is -3.66. The number of hydrogen-bond donors (Lipinski definition) is 0. The van der Waals surface area contributed by atoms with E-state index < -0.39 is 21.7 Å². The Balaban J connectivity index is 2.29. The second-order valence-corrected chi connectivity index (χ2v) is 6.43. The van der Waals surface area contributed by atoms with E-state index in [-0.39, 0.29) is 18.0 Å².